The van der Waals surface area contributed by atoms with Crippen LogP contribution in [0.4, 0.5) is 0 Å². The summed E-state index contributed by atoms with van der Waals surface area (Å²) in [6.07, 6.45) is 1.24. The molecule has 1 aliphatic rings. The highest BCUT2D eigenvalue weighted by atomic mass is 32.2. The summed E-state index contributed by atoms with van der Waals surface area (Å²) in [5.41, 5.74) is 2.55. The lowest BCUT2D eigenvalue weighted by Gasteiger charge is -2.38. The summed E-state index contributed by atoms with van der Waals surface area (Å²) in [4.78, 5) is 13.3. The van der Waals surface area contributed by atoms with Crippen LogP contribution in [0, 0.1) is 5.92 Å². The van der Waals surface area contributed by atoms with Gasteiger partial charge in [-0.3, -0.25) is 0 Å². The normalized spacial score (nSPS) is 19.4. The van der Waals surface area contributed by atoms with Crippen molar-refractivity contribution < 1.29 is 9.53 Å². The second-order valence-corrected chi connectivity index (χ2v) is 6.97. The standard InChI is InChI=1S/C20H20O2S/c1-4-19(21)22-20(14(2)3)16-10-6-5-9-15(16)13-23-18-12-8-7-11-17(18)20/h4-12,14H,1,13H2,2-3H3. The SMILES string of the molecule is C=CC(=O)OC1(C(C)C)c2ccccc2CSc2ccccc21. The largest absolute Gasteiger partial charge is 0.446 e. The van der Waals surface area contributed by atoms with Crippen LogP contribution in [0.1, 0.15) is 30.5 Å². The molecule has 3 heteroatoms. The Bertz CT molecular complexity index is 701. The molecule has 1 aliphatic heterocycles. The van der Waals surface area contributed by atoms with E-state index in [1.165, 1.54) is 11.6 Å². The number of fused-ring (bicyclic) bond motifs is 2. The van der Waals surface area contributed by atoms with Crippen molar-refractivity contribution in [1.82, 2.24) is 0 Å². The Balaban J connectivity index is 2.34. The van der Waals surface area contributed by atoms with Crippen LogP contribution in [-0.4, -0.2) is 5.97 Å². The van der Waals surface area contributed by atoms with Crippen LogP contribution in [0.5, 0.6) is 0 Å². The van der Waals surface area contributed by atoms with Gasteiger partial charge in [-0.2, -0.15) is 0 Å². The molecular weight excluding hydrogens is 304 g/mol. The van der Waals surface area contributed by atoms with Crippen LogP contribution in [0.25, 0.3) is 0 Å². The van der Waals surface area contributed by atoms with Gasteiger partial charge >= 0.3 is 5.97 Å². The summed E-state index contributed by atoms with van der Waals surface area (Å²) in [5, 5.41) is 0. The molecule has 0 N–H and O–H groups in total. The molecule has 0 aliphatic carbocycles. The number of rotatable bonds is 3. The molecule has 3 rings (SSSR count). The molecule has 2 aromatic rings. The van der Waals surface area contributed by atoms with Gasteiger partial charge < -0.3 is 4.74 Å². The van der Waals surface area contributed by atoms with Gasteiger partial charge in [0.25, 0.3) is 0 Å². The first-order valence-electron chi connectivity index (χ1n) is 7.75. The topological polar surface area (TPSA) is 26.3 Å². The average molecular weight is 324 g/mol. The van der Waals surface area contributed by atoms with Gasteiger partial charge in [0.05, 0.1) is 0 Å². The van der Waals surface area contributed by atoms with Gasteiger partial charge in [-0.05, 0) is 11.6 Å². The average Bonchev–Trinajstić information content (AvgIpc) is 2.71. The van der Waals surface area contributed by atoms with Gasteiger partial charge in [-0.15, -0.1) is 11.8 Å². The van der Waals surface area contributed by atoms with Gasteiger partial charge in [-0.25, -0.2) is 4.79 Å². The lowest BCUT2D eigenvalue weighted by Crippen LogP contribution is -2.39. The number of hydrogen-bond acceptors (Lipinski definition) is 3. The van der Waals surface area contributed by atoms with Gasteiger partial charge in [0, 0.05) is 33.8 Å². The minimum atomic E-state index is -0.790. The van der Waals surface area contributed by atoms with Gasteiger partial charge in [0.1, 0.15) is 0 Å². The van der Waals surface area contributed by atoms with E-state index in [0.717, 1.165) is 21.8 Å². The maximum atomic E-state index is 12.2. The lowest BCUT2D eigenvalue weighted by atomic mass is 9.76. The fourth-order valence-corrected chi connectivity index (χ4v) is 4.37. The molecule has 0 fully saturated rings. The zero-order valence-electron chi connectivity index (χ0n) is 13.4. The zero-order valence-corrected chi connectivity index (χ0v) is 14.2. The van der Waals surface area contributed by atoms with E-state index in [1.807, 2.05) is 24.3 Å². The predicted molar refractivity (Wildman–Crippen MR) is 94.4 cm³/mol. The number of hydrogen-bond donors (Lipinski definition) is 0. The summed E-state index contributed by atoms with van der Waals surface area (Å²) in [7, 11) is 0. The molecule has 0 radical (unpaired) electrons. The summed E-state index contributed by atoms with van der Waals surface area (Å²) in [6.45, 7) is 7.77. The first-order valence-corrected chi connectivity index (χ1v) is 8.74. The maximum absolute atomic E-state index is 12.2. The summed E-state index contributed by atoms with van der Waals surface area (Å²) >= 11 is 1.79. The molecule has 2 aromatic carbocycles. The van der Waals surface area contributed by atoms with E-state index in [1.54, 1.807) is 11.8 Å². The monoisotopic (exact) mass is 324 g/mol. The highest BCUT2D eigenvalue weighted by Crippen LogP contribution is 2.49. The number of thioether (sulfide) groups is 1. The lowest BCUT2D eigenvalue weighted by molar-refractivity contribution is -0.155. The van der Waals surface area contributed by atoms with Gasteiger partial charge in [0.15, 0.2) is 5.60 Å². The van der Waals surface area contributed by atoms with Crippen molar-refractivity contribution >= 4 is 17.7 Å². The van der Waals surface area contributed by atoms with Crippen molar-refractivity contribution in [2.75, 3.05) is 0 Å². The zero-order chi connectivity index (χ0) is 16.4. The summed E-state index contributed by atoms with van der Waals surface area (Å²) < 4.78 is 6.05. The van der Waals surface area contributed by atoms with Crippen molar-refractivity contribution in [2.24, 2.45) is 5.92 Å². The van der Waals surface area contributed by atoms with E-state index in [4.69, 9.17) is 4.74 Å². The van der Waals surface area contributed by atoms with E-state index in [9.17, 15) is 4.79 Å². The van der Waals surface area contributed by atoms with Gasteiger partial charge in [0.2, 0.25) is 0 Å². The summed E-state index contributed by atoms with van der Waals surface area (Å²) in [5.74, 6) is 0.565. The number of carbonyl (C=O) groups is 1. The number of ether oxygens (including phenoxy) is 1. The molecule has 0 bridgehead atoms. The Morgan fingerprint density at radius 3 is 2.52 bits per heavy atom. The second-order valence-electron chi connectivity index (χ2n) is 5.96. The quantitative estimate of drug-likeness (QED) is 0.592. The highest BCUT2D eigenvalue weighted by molar-refractivity contribution is 7.98. The molecule has 23 heavy (non-hydrogen) atoms. The van der Waals surface area contributed by atoms with Crippen LogP contribution < -0.4 is 0 Å². The molecule has 1 heterocycles. The van der Waals surface area contributed by atoms with E-state index in [2.05, 4.69) is 44.7 Å². The van der Waals surface area contributed by atoms with E-state index >= 15 is 0 Å². The Labute approximate surface area is 141 Å². The predicted octanol–water partition coefficient (Wildman–Crippen LogP) is 4.92. The fourth-order valence-electron chi connectivity index (χ4n) is 3.26. The second kappa shape index (κ2) is 6.25. The molecule has 2 nitrogen and oxygen atoms in total. The first kappa shape index (κ1) is 15.9. The Morgan fingerprint density at radius 1 is 1.17 bits per heavy atom. The molecular formula is C20H20O2S. The summed E-state index contributed by atoms with van der Waals surface area (Å²) in [6, 6.07) is 16.5. The molecule has 0 saturated carbocycles. The Morgan fingerprint density at radius 2 is 1.83 bits per heavy atom. The smallest absolute Gasteiger partial charge is 0.331 e. The molecule has 0 spiro atoms. The van der Waals surface area contributed by atoms with Gasteiger partial charge in [-0.1, -0.05) is 62.9 Å². The van der Waals surface area contributed by atoms with Crippen LogP contribution in [0.15, 0.2) is 66.1 Å². The molecule has 1 atom stereocenters. The minimum absolute atomic E-state index is 0.0902. The van der Waals surface area contributed by atoms with Crippen molar-refractivity contribution in [3.8, 4) is 0 Å². The van der Waals surface area contributed by atoms with E-state index < -0.39 is 11.6 Å². The Hall–Kier alpha value is -2.00. The van der Waals surface area contributed by atoms with Crippen LogP contribution in [0.2, 0.25) is 0 Å². The maximum Gasteiger partial charge on any atom is 0.331 e. The third-order valence-corrected chi connectivity index (χ3v) is 5.45. The van der Waals surface area contributed by atoms with Crippen molar-refractivity contribution in [2.45, 2.75) is 30.1 Å². The molecule has 118 valence electrons. The van der Waals surface area contributed by atoms with Crippen LogP contribution >= 0.6 is 11.8 Å². The van der Waals surface area contributed by atoms with E-state index in [-0.39, 0.29) is 5.92 Å². The third kappa shape index (κ3) is 2.59. The van der Waals surface area contributed by atoms with Crippen LogP contribution in [0.3, 0.4) is 0 Å². The highest BCUT2D eigenvalue weighted by Gasteiger charge is 2.45. The first-order chi connectivity index (χ1) is 11.1. The van der Waals surface area contributed by atoms with Crippen molar-refractivity contribution in [1.29, 1.82) is 0 Å². The number of carbonyl (C=O) groups excluding carboxylic acids is 1. The molecule has 0 aromatic heterocycles. The number of esters is 1. The van der Waals surface area contributed by atoms with Crippen LogP contribution in [-0.2, 0) is 20.9 Å². The Kier molecular flexibility index (Phi) is 4.31. The number of benzene rings is 2. The minimum Gasteiger partial charge on any atom is -0.446 e. The molecule has 0 amide bonds. The van der Waals surface area contributed by atoms with Crippen molar-refractivity contribution in [3.63, 3.8) is 0 Å². The van der Waals surface area contributed by atoms with Crippen molar-refractivity contribution in [3.05, 3.63) is 77.9 Å². The third-order valence-electron chi connectivity index (χ3n) is 4.33. The molecule has 0 saturated heterocycles. The van der Waals surface area contributed by atoms with E-state index in [0.29, 0.717) is 0 Å². The molecule has 1 unspecified atom stereocenters. The fraction of sp³-hybridized carbons (Fsp3) is 0.250.